The van der Waals surface area contributed by atoms with Gasteiger partial charge in [0.05, 0.1) is 12.7 Å². The number of nitrogens with one attached hydrogen (secondary N) is 1. The third kappa shape index (κ3) is 3.35. The summed E-state index contributed by atoms with van der Waals surface area (Å²) < 4.78 is 11.5. The molecule has 0 spiro atoms. The summed E-state index contributed by atoms with van der Waals surface area (Å²) in [6, 6.07) is 5.68. The first-order valence-electron chi connectivity index (χ1n) is 5.14. The van der Waals surface area contributed by atoms with Crippen LogP contribution in [0.5, 0.6) is 0 Å². The standard InChI is InChI=1S/C11H13BrClNO2/c12-10-5-8(13)1-2-11(10)14-6-9-3-4-15-7-16-9/h1-2,5,9,14H,3-4,6-7H2. The summed E-state index contributed by atoms with van der Waals surface area (Å²) in [4.78, 5) is 0. The van der Waals surface area contributed by atoms with Gasteiger partial charge in [-0.05, 0) is 40.5 Å². The summed E-state index contributed by atoms with van der Waals surface area (Å²) in [6.45, 7) is 1.95. The molecule has 5 heteroatoms. The molecule has 1 heterocycles. The van der Waals surface area contributed by atoms with Crippen molar-refractivity contribution in [2.75, 3.05) is 25.3 Å². The highest BCUT2D eigenvalue weighted by Gasteiger charge is 2.14. The summed E-state index contributed by atoms with van der Waals surface area (Å²) in [5.41, 5.74) is 1.03. The zero-order valence-corrected chi connectivity index (χ0v) is 11.1. The quantitative estimate of drug-likeness (QED) is 0.929. The molecule has 1 aliphatic heterocycles. The van der Waals surface area contributed by atoms with Crippen molar-refractivity contribution < 1.29 is 9.47 Å². The van der Waals surface area contributed by atoms with Gasteiger partial charge in [0, 0.05) is 21.7 Å². The lowest BCUT2D eigenvalue weighted by molar-refractivity contribution is -0.133. The molecule has 1 unspecified atom stereocenters. The lowest BCUT2D eigenvalue weighted by atomic mass is 10.2. The Kier molecular flexibility index (Phi) is 4.46. The fraction of sp³-hybridized carbons (Fsp3) is 0.455. The summed E-state index contributed by atoms with van der Waals surface area (Å²) in [6.07, 6.45) is 1.15. The predicted molar refractivity (Wildman–Crippen MR) is 68.0 cm³/mol. The fourth-order valence-corrected chi connectivity index (χ4v) is 2.34. The van der Waals surface area contributed by atoms with Crippen molar-refractivity contribution in [3.05, 3.63) is 27.7 Å². The van der Waals surface area contributed by atoms with Crippen LogP contribution in [0, 0.1) is 0 Å². The van der Waals surface area contributed by atoms with Crippen molar-refractivity contribution in [3.8, 4) is 0 Å². The highest BCUT2D eigenvalue weighted by atomic mass is 79.9. The van der Waals surface area contributed by atoms with Gasteiger partial charge in [0.25, 0.3) is 0 Å². The Morgan fingerprint density at radius 3 is 3.06 bits per heavy atom. The maximum atomic E-state index is 5.87. The van der Waals surface area contributed by atoms with Gasteiger partial charge in [-0.3, -0.25) is 0 Å². The average Bonchev–Trinajstić information content (AvgIpc) is 2.29. The van der Waals surface area contributed by atoms with E-state index in [-0.39, 0.29) is 6.10 Å². The molecule has 1 fully saturated rings. The summed E-state index contributed by atoms with van der Waals surface area (Å²) in [5, 5.41) is 4.05. The zero-order chi connectivity index (χ0) is 11.4. The maximum Gasteiger partial charge on any atom is 0.147 e. The third-order valence-electron chi connectivity index (χ3n) is 2.42. The van der Waals surface area contributed by atoms with Crippen molar-refractivity contribution >= 4 is 33.2 Å². The molecule has 1 saturated heterocycles. The van der Waals surface area contributed by atoms with E-state index >= 15 is 0 Å². The van der Waals surface area contributed by atoms with Crippen LogP contribution in [0.1, 0.15) is 6.42 Å². The SMILES string of the molecule is Clc1ccc(NCC2CCOCO2)c(Br)c1. The molecule has 0 aromatic heterocycles. The van der Waals surface area contributed by atoms with Gasteiger partial charge >= 0.3 is 0 Å². The molecule has 88 valence electrons. The Hall–Kier alpha value is -0.290. The number of anilines is 1. The molecule has 0 radical (unpaired) electrons. The first-order valence-corrected chi connectivity index (χ1v) is 6.31. The van der Waals surface area contributed by atoms with E-state index < -0.39 is 0 Å². The minimum Gasteiger partial charge on any atom is -0.382 e. The second kappa shape index (κ2) is 5.87. The van der Waals surface area contributed by atoms with Crippen molar-refractivity contribution in [3.63, 3.8) is 0 Å². The highest BCUT2D eigenvalue weighted by Crippen LogP contribution is 2.26. The molecular formula is C11H13BrClNO2. The monoisotopic (exact) mass is 305 g/mol. The first-order chi connectivity index (χ1) is 7.75. The highest BCUT2D eigenvalue weighted by molar-refractivity contribution is 9.10. The van der Waals surface area contributed by atoms with Crippen LogP contribution in [0.3, 0.4) is 0 Å². The van der Waals surface area contributed by atoms with E-state index in [1.54, 1.807) is 0 Å². The van der Waals surface area contributed by atoms with E-state index in [1.165, 1.54) is 0 Å². The van der Waals surface area contributed by atoms with Crippen LogP contribution in [0.25, 0.3) is 0 Å². The lowest BCUT2D eigenvalue weighted by Gasteiger charge is -2.23. The van der Waals surface area contributed by atoms with Crippen molar-refractivity contribution in [1.29, 1.82) is 0 Å². The van der Waals surface area contributed by atoms with Crippen LogP contribution in [-0.4, -0.2) is 26.0 Å². The van der Waals surface area contributed by atoms with Crippen LogP contribution in [0.2, 0.25) is 5.02 Å². The van der Waals surface area contributed by atoms with E-state index in [0.29, 0.717) is 6.79 Å². The average molecular weight is 307 g/mol. The second-order valence-electron chi connectivity index (χ2n) is 3.61. The molecular weight excluding hydrogens is 293 g/mol. The Bertz CT molecular complexity index is 356. The molecule has 0 amide bonds. The second-order valence-corrected chi connectivity index (χ2v) is 4.90. The number of halogens is 2. The smallest absolute Gasteiger partial charge is 0.147 e. The molecule has 2 rings (SSSR count). The van der Waals surface area contributed by atoms with Gasteiger partial charge < -0.3 is 14.8 Å². The van der Waals surface area contributed by atoms with Crippen molar-refractivity contribution in [1.82, 2.24) is 0 Å². The maximum absolute atomic E-state index is 5.87. The molecule has 1 aromatic carbocycles. The molecule has 0 aliphatic carbocycles. The number of hydrogen-bond donors (Lipinski definition) is 1. The fourth-order valence-electron chi connectivity index (χ4n) is 1.52. The van der Waals surface area contributed by atoms with Crippen LogP contribution in [0.15, 0.2) is 22.7 Å². The Morgan fingerprint density at radius 2 is 2.38 bits per heavy atom. The van der Waals surface area contributed by atoms with Crippen LogP contribution < -0.4 is 5.32 Å². The number of benzene rings is 1. The van der Waals surface area contributed by atoms with Crippen LogP contribution >= 0.6 is 27.5 Å². The molecule has 1 aromatic rings. The van der Waals surface area contributed by atoms with Gasteiger partial charge in [-0.15, -0.1) is 0 Å². The van der Waals surface area contributed by atoms with E-state index in [4.69, 9.17) is 21.1 Å². The summed E-state index contributed by atoms with van der Waals surface area (Å²) in [5.74, 6) is 0. The molecule has 3 nitrogen and oxygen atoms in total. The Labute approximate surface area is 108 Å². The summed E-state index contributed by atoms with van der Waals surface area (Å²) in [7, 11) is 0. The summed E-state index contributed by atoms with van der Waals surface area (Å²) >= 11 is 9.33. The third-order valence-corrected chi connectivity index (χ3v) is 3.31. The van der Waals surface area contributed by atoms with E-state index in [0.717, 1.165) is 34.8 Å². The predicted octanol–water partition coefficient (Wildman–Crippen LogP) is 3.28. The van der Waals surface area contributed by atoms with E-state index in [2.05, 4.69) is 21.2 Å². The van der Waals surface area contributed by atoms with Crippen molar-refractivity contribution in [2.24, 2.45) is 0 Å². The van der Waals surface area contributed by atoms with Gasteiger partial charge in [-0.2, -0.15) is 0 Å². The zero-order valence-electron chi connectivity index (χ0n) is 8.71. The topological polar surface area (TPSA) is 30.5 Å². The van der Waals surface area contributed by atoms with E-state index in [9.17, 15) is 0 Å². The molecule has 16 heavy (non-hydrogen) atoms. The molecule has 1 atom stereocenters. The minimum absolute atomic E-state index is 0.219. The number of ether oxygens (including phenoxy) is 2. The number of rotatable bonds is 3. The van der Waals surface area contributed by atoms with Gasteiger partial charge in [-0.1, -0.05) is 11.6 Å². The largest absolute Gasteiger partial charge is 0.382 e. The molecule has 1 N–H and O–H groups in total. The van der Waals surface area contributed by atoms with E-state index in [1.807, 2.05) is 18.2 Å². The molecule has 1 aliphatic rings. The number of hydrogen-bond acceptors (Lipinski definition) is 3. The molecule has 0 bridgehead atoms. The first kappa shape index (κ1) is 12.2. The Morgan fingerprint density at radius 1 is 1.50 bits per heavy atom. The van der Waals surface area contributed by atoms with Gasteiger partial charge in [0.15, 0.2) is 0 Å². The molecule has 0 saturated carbocycles. The van der Waals surface area contributed by atoms with Crippen molar-refractivity contribution in [2.45, 2.75) is 12.5 Å². The lowest BCUT2D eigenvalue weighted by Crippen LogP contribution is -2.30. The van der Waals surface area contributed by atoms with Gasteiger partial charge in [-0.25, -0.2) is 0 Å². The van der Waals surface area contributed by atoms with Gasteiger partial charge in [0.1, 0.15) is 6.79 Å². The van der Waals surface area contributed by atoms with Crippen LogP contribution in [0.4, 0.5) is 5.69 Å². The van der Waals surface area contributed by atoms with Crippen LogP contribution in [-0.2, 0) is 9.47 Å². The Balaban J connectivity index is 1.88. The minimum atomic E-state index is 0.219. The van der Waals surface area contributed by atoms with Gasteiger partial charge in [0.2, 0.25) is 0 Å². The normalized spacial score (nSPS) is 20.8.